The Balaban J connectivity index is 1.60. The Kier molecular flexibility index (Phi) is 3.73. The van der Waals surface area contributed by atoms with Crippen molar-refractivity contribution in [1.82, 2.24) is 24.9 Å². The molecule has 0 bridgehead atoms. The maximum Gasteiger partial charge on any atom is 0.227 e. The van der Waals surface area contributed by atoms with Gasteiger partial charge in [0.2, 0.25) is 5.95 Å². The number of hydrogen-bond donors (Lipinski definition) is 2. The van der Waals surface area contributed by atoms with Crippen molar-refractivity contribution in [1.29, 1.82) is 0 Å². The second-order valence-corrected chi connectivity index (χ2v) is 5.86. The summed E-state index contributed by atoms with van der Waals surface area (Å²) >= 11 is 0. The minimum Gasteiger partial charge on any atom is -0.383 e. The summed E-state index contributed by atoms with van der Waals surface area (Å²) < 4.78 is 5.39. The summed E-state index contributed by atoms with van der Waals surface area (Å²) in [7, 11) is 1.76. The van der Waals surface area contributed by atoms with Crippen molar-refractivity contribution in [2.75, 3.05) is 30.8 Å². The Morgan fingerprint density at radius 3 is 2.79 bits per heavy atom. The van der Waals surface area contributed by atoms with E-state index in [0.29, 0.717) is 29.1 Å². The zero-order valence-corrected chi connectivity index (χ0v) is 13.4. The van der Waals surface area contributed by atoms with Gasteiger partial charge in [0.15, 0.2) is 5.65 Å². The van der Waals surface area contributed by atoms with Crippen LogP contribution in [0.5, 0.6) is 0 Å². The first-order valence-corrected chi connectivity index (χ1v) is 7.95. The summed E-state index contributed by atoms with van der Waals surface area (Å²) in [6.07, 6.45) is 7.47. The molecule has 3 aromatic heterocycles. The van der Waals surface area contributed by atoms with Gasteiger partial charge in [-0.1, -0.05) is 0 Å². The summed E-state index contributed by atoms with van der Waals surface area (Å²) in [4.78, 5) is 23.0. The van der Waals surface area contributed by atoms with Gasteiger partial charge in [0.05, 0.1) is 23.6 Å². The number of H-pyrrole nitrogens is 1. The van der Waals surface area contributed by atoms with Crippen molar-refractivity contribution < 1.29 is 4.74 Å². The number of aromatic nitrogens is 5. The third-order valence-electron chi connectivity index (χ3n) is 4.40. The van der Waals surface area contributed by atoms with Crippen LogP contribution in [-0.4, -0.2) is 51.2 Å². The number of hydrogen-bond acceptors (Lipinski definition) is 7. The van der Waals surface area contributed by atoms with E-state index in [4.69, 9.17) is 10.5 Å². The molecule has 8 nitrogen and oxygen atoms in total. The molecule has 0 unspecified atom stereocenters. The second kappa shape index (κ2) is 6.04. The fraction of sp³-hybridized carbons (Fsp3) is 0.375. The van der Waals surface area contributed by atoms with Gasteiger partial charge >= 0.3 is 0 Å². The lowest BCUT2D eigenvalue weighted by Crippen LogP contribution is -2.37. The van der Waals surface area contributed by atoms with Crippen molar-refractivity contribution in [2.45, 2.75) is 18.9 Å². The lowest BCUT2D eigenvalue weighted by molar-refractivity contribution is 0.0816. The number of fused-ring (bicyclic) bond motifs is 1. The normalized spacial score (nSPS) is 16.0. The number of nitrogen functional groups attached to an aromatic ring is 1. The molecule has 1 aliphatic heterocycles. The van der Waals surface area contributed by atoms with Crippen molar-refractivity contribution in [3.8, 4) is 11.3 Å². The van der Waals surface area contributed by atoms with Crippen LogP contribution in [0.1, 0.15) is 12.8 Å². The number of nitrogens with zero attached hydrogens (tertiary/aromatic N) is 5. The zero-order chi connectivity index (χ0) is 16.5. The SMILES string of the molecule is COC1CCN(c2ncc(-c3cnc4[nH]ccc4n3)c(N)n2)CC1. The van der Waals surface area contributed by atoms with Crippen LogP contribution in [-0.2, 0) is 4.74 Å². The number of aromatic amines is 1. The first-order valence-electron chi connectivity index (χ1n) is 7.95. The molecular formula is C16H19N7O. The number of nitrogens with two attached hydrogens (primary N) is 1. The molecular weight excluding hydrogens is 306 g/mol. The monoisotopic (exact) mass is 325 g/mol. The maximum atomic E-state index is 6.15. The fourth-order valence-electron chi connectivity index (χ4n) is 2.99. The predicted octanol–water partition coefficient (Wildman–Crippen LogP) is 1.61. The molecule has 24 heavy (non-hydrogen) atoms. The van der Waals surface area contributed by atoms with Gasteiger partial charge in [-0.2, -0.15) is 4.98 Å². The molecule has 4 heterocycles. The van der Waals surface area contributed by atoms with Gasteiger partial charge in [-0.15, -0.1) is 0 Å². The Hall–Kier alpha value is -2.74. The van der Waals surface area contributed by atoms with Crippen LogP contribution in [0.2, 0.25) is 0 Å². The molecule has 4 rings (SSSR count). The van der Waals surface area contributed by atoms with Gasteiger partial charge in [-0.25, -0.2) is 15.0 Å². The number of piperidine rings is 1. The summed E-state index contributed by atoms with van der Waals surface area (Å²) in [6, 6.07) is 1.87. The van der Waals surface area contributed by atoms with Crippen LogP contribution in [0.3, 0.4) is 0 Å². The highest BCUT2D eigenvalue weighted by Gasteiger charge is 2.21. The number of nitrogens with one attached hydrogen (secondary N) is 1. The first-order chi connectivity index (χ1) is 11.7. The van der Waals surface area contributed by atoms with Crippen LogP contribution in [0.15, 0.2) is 24.7 Å². The number of methoxy groups -OCH3 is 1. The van der Waals surface area contributed by atoms with Crippen molar-refractivity contribution >= 4 is 22.9 Å². The topological polar surface area (TPSA) is 106 Å². The minimum atomic E-state index is 0.321. The largest absolute Gasteiger partial charge is 0.383 e. The third-order valence-corrected chi connectivity index (χ3v) is 4.40. The molecule has 0 radical (unpaired) electrons. The van der Waals surface area contributed by atoms with Crippen molar-refractivity contribution in [3.05, 3.63) is 24.7 Å². The molecule has 1 saturated heterocycles. The smallest absolute Gasteiger partial charge is 0.227 e. The third kappa shape index (κ3) is 2.65. The van der Waals surface area contributed by atoms with E-state index in [-0.39, 0.29) is 0 Å². The van der Waals surface area contributed by atoms with Crippen LogP contribution >= 0.6 is 0 Å². The summed E-state index contributed by atoms with van der Waals surface area (Å²) in [5.41, 5.74) is 9.06. The van der Waals surface area contributed by atoms with Gasteiger partial charge in [0.1, 0.15) is 11.3 Å². The average molecular weight is 325 g/mol. The Labute approximate surface area is 139 Å². The zero-order valence-electron chi connectivity index (χ0n) is 13.4. The van der Waals surface area contributed by atoms with E-state index in [2.05, 4.69) is 29.8 Å². The van der Waals surface area contributed by atoms with Crippen LogP contribution in [0.4, 0.5) is 11.8 Å². The molecule has 0 atom stereocenters. The molecule has 0 spiro atoms. The van der Waals surface area contributed by atoms with Crippen LogP contribution in [0.25, 0.3) is 22.4 Å². The highest BCUT2D eigenvalue weighted by atomic mass is 16.5. The van der Waals surface area contributed by atoms with Crippen LogP contribution in [0, 0.1) is 0 Å². The number of anilines is 2. The Morgan fingerprint density at radius 2 is 2.04 bits per heavy atom. The molecule has 1 aliphatic rings. The number of rotatable bonds is 3. The van der Waals surface area contributed by atoms with Gasteiger partial charge in [0.25, 0.3) is 0 Å². The van der Waals surface area contributed by atoms with Crippen molar-refractivity contribution in [2.24, 2.45) is 0 Å². The molecule has 3 aromatic rings. The molecule has 0 aliphatic carbocycles. The molecule has 3 N–H and O–H groups in total. The van der Waals surface area contributed by atoms with E-state index in [0.717, 1.165) is 37.1 Å². The molecule has 0 aromatic carbocycles. The first kappa shape index (κ1) is 14.8. The molecule has 8 heteroatoms. The Morgan fingerprint density at radius 1 is 1.21 bits per heavy atom. The molecule has 0 amide bonds. The molecule has 1 fully saturated rings. The van der Waals surface area contributed by atoms with E-state index in [1.165, 1.54) is 0 Å². The van der Waals surface area contributed by atoms with E-state index >= 15 is 0 Å². The highest BCUT2D eigenvalue weighted by Crippen LogP contribution is 2.25. The summed E-state index contributed by atoms with van der Waals surface area (Å²) in [5, 5.41) is 0. The van der Waals surface area contributed by atoms with E-state index in [9.17, 15) is 0 Å². The maximum absolute atomic E-state index is 6.15. The van der Waals surface area contributed by atoms with E-state index in [1.807, 2.05) is 6.07 Å². The van der Waals surface area contributed by atoms with E-state index < -0.39 is 0 Å². The minimum absolute atomic E-state index is 0.321. The average Bonchev–Trinajstić information content (AvgIpc) is 3.09. The predicted molar refractivity (Wildman–Crippen MR) is 91.6 cm³/mol. The van der Waals surface area contributed by atoms with Gasteiger partial charge in [-0.05, 0) is 18.9 Å². The highest BCUT2D eigenvalue weighted by molar-refractivity contribution is 5.77. The lowest BCUT2D eigenvalue weighted by atomic mass is 10.1. The standard InChI is InChI=1S/C16H19N7O/c1-24-10-3-6-23(7-4-10)16-20-8-11(14(17)22-16)13-9-19-15-12(21-13)2-5-18-15/h2,5,8-10H,3-4,6-7H2,1H3,(H,18,19)(H2,17,20,22). The van der Waals surface area contributed by atoms with Crippen molar-refractivity contribution in [3.63, 3.8) is 0 Å². The summed E-state index contributed by atoms with van der Waals surface area (Å²) in [6.45, 7) is 1.73. The fourth-order valence-corrected chi connectivity index (χ4v) is 2.99. The Bertz CT molecular complexity index is 855. The molecule has 0 saturated carbocycles. The molecule has 124 valence electrons. The second-order valence-electron chi connectivity index (χ2n) is 5.86. The quantitative estimate of drug-likeness (QED) is 0.753. The number of ether oxygens (including phenoxy) is 1. The van der Waals surface area contributed by atoms with E-state index in [1.54, 1.807) is 25.7 Å². The van der Waals surface area contributed by atoms with Gasteiger partial charge in [0, 0.05) is 32.6 Å². The summed E-state index contributed by atoms with van der Waals surface area (Å²) in [5.74, 6) is 1.07. The van der Waals surface area contributed by atoms with Gasteiger partial charge < -0.3 is 20.4 Å². The van der Waals surface area contributed by atoms with Gasteiger partial charge in [-0.3, -0.25) is 0 Å². The van der Waals surface area contributed by atoms with Crippen LogP contribution < -0.4 is 10.6 Å². The lowest BCUT2D eigenvalue weighted by Gasteiger charge is -2.31.